The fraction of sp³-hybridized carbons (Fsp3) is 1.00. The van der Waals surface area contributed by atoms with Gasteiger partial charge in [-0.3, -0.25) is 0 Å². The lowest BCUT2D eigenvalue weighted by atomic mass is 10.1. The second-order valence-corrected chi connectivity index (χ2v) is 11.1. The molecular weight excluding hydrogens is 571 g/mol. The first-order chi connectivity index (χ1) is 14.2. The van der Waals surface area contributed by atoms with Crippen molar-refractivity contribution < 1.29 is 42.9 Å². The smallest absolute Gasteiger partial charge is 0.0794 e. The zero-order valence-corrected chi connectivity index (χ0v) is 27.2. The van der Waals surface area contributed by atoms with E-state index in [2.05, 4.69) is 42.0 Å². The van der Waals surface area contributed by atoms with Gasteiger partial charge in [-0.1, -0.05) is 65.2 Å². The van der Waals surface area contributed by atoms with Crippen molar-refractivity contribution in [3.63, 3.8) is 0 Å². The van der Waals surface area contributed by atoms with E-state index in [0.717, 1.165) is 33.6 Å². The van der Waals surface area contributed by atoms with Crippen LogP contribution in [0.5, 0.6) is 0 Å². The first-order valence-electron chi connectivity index (χ1n) is 13.0. The second kappa shape index (κ2) is 28.7. The molecule has 32 heavy (non-hydrogen) atoms. The van der Waals surface area contributed by atoms with Gasteiger partial charge in [0.05, 0.1) is 54.4 Å². The van der Waals surface area contributed by atoms with Crippen molar-refractivity contribution >= 4 is 23.2 Å². The molecule has 0 rings (SSSR count). The molecule has 0 N–H and O–H groups in total. The molecule has 0 aliphatic heterocycles. The van der Waals surface area contributed by atoms with Crippen molar-refractivity contribution in [1.82, 2.24) is 0 Å². The minimum Gasteiger partial charge on any atom is -1.00 e. The van der Waals surface area contributed by atoms with Crippen LogP contribution in [0, 0.1) is 0 Å². The molecule has 0 fully saturated rings. The number of alkyl halides is 2. The molecule has 0 aromatic rings. The molecule has 0 unspecified atom stereocenters. The SMILES string of the molecule is CCCCCCCC[N+](C)(C)CCCCl.CCCCCCCC[N+](C)(C)CCCCl.[Br-].[Br-]. The minimum atomic E-state index is 0. The molecule has 0 aliphatic rings. The van der Waals surface area contributed by atoms with E-state index < -0.39 is 0 Å². The summed E-state index contributed by atoms with van der Waals surface area (Å²) in [4.78, 5) is 0. The largest absolute Gasteiger partial charge is 1.00 e. The first kappa shape index (κ1) is 40.6. The van der Waals surface area contributed by atoms with Crippen molar-refractivity contribution in [1.29, 1.82) is 0 Å². The Bertz CT molecular complexity index is 312. The Morgan fingerprint density at radius 1 is 0.406 bits per heavy atom. The zero-order valence-electron chi connectivity index (χ0n) is 22.5. The van der Waals surface area contributed by atoms with E-state index in [4.69, 9.17) is 23.2 Å². The van der Waals surface area contributed by atoms with Gasteiger partial charge in [0.15, 0.2) is 0 Å². The van der Waals surface area contributed by atoms with Crippen LogP contribution in [0.3, 0.4) is 0 Å². The van der Waals surface area contributed by atoms with Gasteiger partial charge in [-0.25, -0.2) is 0 Å². The molecular formula is C26H58Br2Cl2N2. The van der Waals surface area contributed by atoms with Crippen molar-refractivity contribution in [2.75, 3.05) is 66.1 Å². The highest BCUT2D eigenvalue weighted by molar-refractivity contribution is 6.18. The predicted molar refractivity (Wildman–Crippen MR) is 141 cm³/mol. The van der Waals surface area contributed by atoms with Crippen molar-refractivity contribution in [2.24, 2.45) is 0 Å². The summed E-state index contributed by atoms with van der Waals surface area (Å²) in [6.07, 6.45) is 19.0. The van der Waals surface area contributed by atoms with Crippen LogP contribution in [0.15, 0.2) is 0 Å². The van der Waals surface area contributed by atoms with Crippen molar-refractivity contribution in [3.05, 3.63) is 0 Å². The zero-order chi connectivity index (χ0) is 23.1. The molecule has 0 bridgehead atoms. The molecule has 2 nitrogen and oxygen atoms in total. The third kappa shape index (κ3) is 33.6. The van der Waals surface area contributed by atoms with Gasteiger partial charge in [0, 0.05) is 24.6 Å². The number of rotatable bonds is 20. The van der Waals surface area contributed by atoms with E-state index in [9.17, 15) is 0 Å². The lowest BCUT2D eigenvalue weighted by Crippen LogP contribution is -3.00. The highest BCUT2D eigenvalue weighted by Crippen LogP contribution is 2.10. The Hall–Kier alpha value is 1.46. The highest BCUT2D eigenvalue weighted by Gasteiger charge is 2.13. The summed E-state index contributed by atoms with van der Waals surface area (Å²) in [5.41, 5.74) is 0. The topological polar surface area (TPSA) is 0 Å². The third-order valence-corrected chi connectivity index (χ3v) is 6.56. The highest BCUT2D eigenvalue weighted by atomic mass is 79.9. The molecule has 0 aromatic carbocycles. The lowest BCUT2D eigenvalue weighted by Gasteiger charge is -2.29. The number of unbranched alkanes of at least 4 members (excludes halogenated alkanes) is 10. The Morgan fingerprint density at radius 3 is 0.938 bits per heavy atom. The number of hydrogen-bond acceptors (Lipinski definition) is 0. The van der Waals surface area contributed by atoms with E-state index in [1.54, 1.807) is 0 Å². The Kier molecular flexibility index (Phi) is 36.4. The summed E-state index contributed by atoms with van der Waals surface area (Å²) >= 11 is 11.4. The van der Waals surface area contributed by atoms with Gasteiger partial charge < -0.3 is 42.9 Å². The van der Waals surface area contributed by atoms with Crippen LogP contribution in [0.4, 0.5) is 0 Å². The Labute approximate surface area is 234 Å². The Balaban J connectivity index is -0.000000231. The molecule has 200 valence electrons. The molecule has 6 heteroatoms. The number of nitrogens with zero attached hydrogens (tertiary/aromatic N) is 2. The fourth-order valence-electron chi connectivity index (χ4n) is 3.84. The number of halogens is 4. The van der Waals surface area contributed by atoms with E-state index >= 15 is 0 Å². The van der Waals surface area contributed by atoms with Crippen LogP contribution in [-0.4, -0.2) is 75.1 Å². The van der Waals surface area contributed by atoms with E-state index in [1.807, 2.05) is 0 Å². The average Bonchev–Trinajstić information content (AvgIpc) is 2.70. The molecule has 0 atom stereocenters. The van der Waals surface area contributed by atoms with Gasteiger partial charge in [-0.2, -0.15) is 0 Å². The predicted octanol–water partition coefficient (Wildman–Crippen LogP) is 2.11. The quantitative estimate of drug-likeness (QED) is 0.110. The van der Waals surface area contributed by atoms with Gasteiger partial charge in [0.1, 0.15) is 0 Å². The van der Waals surface area contributed by atoms with Crippen molar-refractivity contribution in [3.8, 4) is 0 Å². The summed E-state index contributed by atoms with van der Waals surface area (Å²) in [6.45, 7) is 9.60. The van der Waals surface area contributed by atoms with Crippen molar-refractivity contribution in [2.45, 2.75) is 104 Å². The van der Waals surface area contributed by atoms with Crippen LogP contribution in [-0.2, 0) is 0 Å². The van der Waals surface area contributed by atoms with Crippen LogP contribution in [0.1, 0.15) is 104 Å². The average molecular weight is 629 g/mol. The Morgan fingerprint density at radius 2 is 0.656 bits per heavy atom. The standard InChI is InChI=1S/2C13H29ClN.2BrH/c2*1-4-5-6-7-8-9-12-15(2,3)13-10-11-14;;/h2*4-13H2,1-3H3;2*1H/q2*+1;;/p-2. The first-order valence-corrected chi connectivity index (χ1v) is 14.1. The molecule has 0 aliphatic carbocycles. The summed E-state index contributed by atoms with van der Waals surface area (Å²) in [5, 5.41) is 0. The summed E-state index contributed by atoms with van der Waals surface area (Å²) in [6, 6.07) is 0. The molecule has 0 aromatic heterocycles. The molecule has 0 saturated heterocycles. The maximum atomic E-state index is 5.72. The summed E-state index contributed by atoms with van der Waals surface area (Å²) < 4.78 is 2.28. The van der Waals surface area contributed by atoms with Gasteiger partial charge in [0.25, 0.3) is 0 Å². The van der Waals surface area contributed by atoms with Crippen LogP contribution >= 0.6 is 23.2 Å². The van der Waals surface area contributed by atoms with Gasteiger partial charge in [0.2, 0.25) is 0 Å². The number of hydrogen-bond donors (Lipinski definition) is 0. The fourth-order valence-corrected chi connectivity index (χ4v) is 4.08. The van der Waals surface area contributed by atoms with Gasteiger partial charge >= 0.3 is 0 Å². The monoisotopic (exact) mass is 626 g/mol. The minimum absolute atomic E-state index is 0. The second-order valence-electron chi connectivity index (χ2n) is 10.4. The van der Waals surface area contributed by atoms with E-state index in [-0.39, 0.29) is 34.0 Å². The lowest BCUT2D eigenvalue weighted by molar-refractivity contribution is -0.890. The summed E-state index contributed by atoms with van der Waals surface area (Å²) in [7, 11) is 9.27. The van der Waals surface area contributed by atoms with Crippen LogP contribution in [0.2, 0.25) is 0 Å². The van der Waals surface area contributed by atoms with E-state index in [1.165, 1.54) is 103 Å². The molecule has 0 radical (unpaired) electrons. The number of quaternary nitrogens is 2. The van der Waals surface area contributed by atoms with Gasteiger partial charge in [-0.15, -0.1) is 23.2 Å². The molecule has 0 spiro atoms. The van der Waals surface area contributed by atoms with Crippen LogP contribution in [0.25, 0.3) is 0 Å². The normalized spacial score (nSPS) is 11.2. The molecule has 0 heterocycles. The maximum Gasteiger partial charge on any atom is 0.0794 e. The molecule has 0 saturated carbocycles. The van der Waals surface area contributed by atoms with Crippen LogP contribution < -0.4 is 34.0 Å². The third-order valence-electron chi connectivity index (χ3n) is 6.03. The summed E-state index contributed by atoms with van der Waals surface area (Å²) in [5.74, 6) is 1.61. The van der Waals surface area contributed by atoms with E-state index in [0.29, 0.717) is 0 Å². The molecule has 0 amide bonds. The maximum absolute atomic E-state index is 5.72. The van der Waals surface area contributed by atoms with Gasteiger partial charge in [-0.05, 0) is 25.7 Å².